The number of hydrogen-bond donors (Lipinski definition) is 1. The first-order valence-corrected chi connectivity index (χ1v) is 7.75. The van der Waals surface area contributed by atoms with E-state index in [1.54, 1.807) is 0 Å². The summed E-state index contributed by atoms with van der Waals surface area (Å²) in [5, 5.41) is 21.0. The lowest BCUT2D eigenvalue weighted by atomic mass is 9.59. The van der Waals surface area contributed by atoms with Crippen LogP contribution in [0.4, 0.5) is 0 Å². The molecule has 2 rings (SSSR count). The maximum absolute atomic E-state index is 11.3. The van der Waals surface area contributed by atoms with Crippen LogP contribution in [-0.4, -0.2) is 10.7 Å². The molecule has 0 spiro atoms. The fraction of sp³-hybridized carbons (Fsp3) is 0.938. The first-order chi connectivity index (χ1) is 8.62. The van der Waals surface area contributed by atoms with Crippen molar-refractivity contribution in [2.45, 2.75) is 77.2 Å². The van der Waals surface area contributed by atoms with Crippen LogP contribution in [0.2, 0.25) is 0 Å². The van der Waals surface area contributed by atoms with Gasteiger partial charge in [-0.15, -0.1) is 0 Å². The highest BCUT2D eigenvalue weighted by atomic mass is 16.3. The summed E-state index contributed by atoms with van der Waals surface area (Å²) >= 11 is 0. The molecule has 0 radical (unpaired) electrons. The van der Waals surface area contributed by atoms with E-state index in [0.717, 1.165) is 51.4 Å². The van der Waals surface area contributed by atoms with Crippen molar-refractivity contribution < 1.29 is 5.11 Å². The maximum atomic E-state index is 11.3. The molecule has 0 saturated heterocycles. The minimum Gasteiger partial charge on any atom is -0.388 e. The van der Waals surface area contributed by atoms with Gasteiger partial charge in [0.2, 0.25) is 0 Å². The Morgan fingerprint density at radius 2 is 1.94 bits per heavy atom. The topological polar surface area (TPSA) is 44.0 Å². The van der Waals surface area contributed by atoms with Crippen molar-refractivity contribution in [3.05, 3.63) is 0 Å². The fourth-order valence-electron chi connectivity index (χ4n) is 4.49. The number of nitrogens with zero attached hydrogens (tertiary/aromatic N) is 1. The van der Waals surface area contributed by atoms with Crippen molar-refractivity contribution >= 4 is 0 Å². The van der Waals surface area contributed by atoms with Crippen LogP contribution in [-0.2, 0) is 0 Å². The monoisotopic (exact) mass is 249 g/mol. The molecule has 0 aromatic carbocycles. The minimum atomic E-state index is -0.710. The van der Waals surface area contributed by atoms with Gasteiger partial charge in [0.25, 0.3) is 0 Å². The molecule has 0 bridgehead atoms. The molecule has 102 valence electrons. The average Bonchev–Trinajstić information content (AvgIpc) is 2.84. The van der Waals surface area contributed by atoms with Gasteiger partial charge >= 0.3 is 0 Å². The summed E-state index contributed by atoms with van der Waals surface area (Å²) in [6.45, 7) is 4.37. The van der Waals surface area contributed by atoms with Crippen LogP contribution < -0.4 is 0 Å². The van der Waals surface area contributed by atoms with Crippen LogP contribution in [0, 0.1) is 28.6 Å². The van der Waals surface area contributed by atoms with E-state index >= 15 is 0 Å². The summed E-state index contributed by atoms with van der Waals surface area (Å²) in [6, 6.07) is 2.57. The molecule has 0 heterocycles. The van der Waals surface area contributed by atoms with Gasteiger partial charge in [0.05, 0.1) is 17.1 Å². The molecule has 4 unspecified atom stereocenters. The molecule has 18 heavy (non-hydrogen) atoms. The molecule has 4 atom stereocenters. The molecular formula is C16H27NO. The Balaban J connectivity index is 2.28. The first-order valence-electron chi connectivity index (χ1n) is 7.75. The van der Waals surface area contributed by atoms with Crippen LogP contribution in [0.1, 0.15) is 71.6 Å². The molecule has 2 saturated carbocycles. The quantitative estimate of drug-likeness (QED) is 0.820. The lowest BCUT2D eigenvalue weighted by Gasteiger charge is -2.48. The molecule has 2 nitrogen and oxygen atoms in total. The Bertz CT molecular complexity index is 334. The molecule has 2 heteroatoms. The van der Waals surface area contributed by atoms with Crippen LogP contribution in [0.15, 0.2) is 0 Å². The maximum Gasteiger partial charge on any atom is 0.0865 e. The Morgan fingerprint density at radius 3 is 2.50 bits per heavy atom. The first kappa shape index (κ1) is 13.9. The second-order valence-corrected chi connectivity index (χ2v) is 6.49. The summed E-state index contributed by atoms with van der Waals surface area (Å²) in [5.74, 6) is 0.981. The Kier molecular flexibility index (Phi) is 4.02. The zero-order chi connectivity index (χ0) is 13.2. The highest BCUT2D eigenvalue weighted by Gasteiger charge is 2.57. The van der Waals surface area contributed by atoms with Gasteiger partial charge < -0.3 is 5.11 Å². The van der Waals surface area contributed by atoms with E-state index in [4.69, 9.17) is 0 Å². The standard InChI is InChI=1S/C16H27NO/c1-3-13-8-10-15(11-13,12-17)16(18)9-6-5-7-14(16)4-2/h13-14,18H,3-11H2,1-2H3. The van der Waals surface area contributed by atoms with Gasteiger partial charge in [-0.2, -0.15) is 5.26 Å². The molecule has 0 aromatic rings. The van der Waals surface area contributed by atoms with E-state index in [1.165, 1.54) is 6.42 Å². The van der Waals surface area contributed by atoms with Crippen molar-refractivity contribution in [1.82, 2.24) is 0 Å². The van der Waals surface area contributed by atoms with Gasteiger partial charge in [-0.1, -0.05) is 39.5 Å². The van der Waals surface area contributed by atoms with Crippen LogP contribution in [0.25, 0.3) is 0 Å². The minimum absolute atomic E-state index is 0.335. The van der Waals surface area contributed by atoms with Gasteiger partial charge in [-0.3, -0.25) is 0 Å². The average molecular weight is 249 g/mol. The van der Waals surface area contributed by atoms with Gasteiger partial charge in [0.1, 0.15) is 0 Å². The molecule has 0 aliphatic heterocycles. The van der Waals surface area contributed by atoms with Crippen LogP contribution >= 0.6 is 0 Å². The van der Waals surface area contributed by atoms with Crippen molar-refractivity contribution in [3.63, 3.8) is 0 Å². The summed E-state index contributed by atoms with van der Waals surface area (Å²) in [4.78, 5) is 0. The van der Waals surface area contributed by atoms with E-state index in [2.05, 4.69) is 19.9 Å². The number of nitriles is 1. The highest BCUT2D eigenvalue weighted by Crippen LogP contribution is 2.56. The number of hydrogen-bond acceptors (Lipinski definition) is 2. The molecular weight excluding hydrogens is 222 g/mol. The van der Waals surface area contributed by atoms with Gasteiger partial charge in [-0.25, -0.2) is 0 Å². The van der Waals surface area contributed by atoms with Crippen molar-refractivity contribution in [1.29, 1.82) is 5.26 Å². The summed E-state index contributed by atoms with van der Waals surface area (Å²) < 4.78 is 0. The lowest BCUT2D eigenvalue weighted by molar-refractivity contribution is -0.125. The summed E-state index contributed by atoms with van der Waals surface area (Å²) in [5.41, 5.74) is -1.16. The normalized spacial score (nSPS) is 44.8. The van der Waals surface area contributed by atoms with Gasteiger partial charge in [0.15, 0.2) is 0 Å². The zero-order valence-electron chi connectivity index (χ0n) is 11.9. The zero-order valence-corrected chi connectivity index (χ0v) is 11.9. The largest absolute Gasteiger partial charge is 0.388 e. The molecule has 0 amide bonds. The summed E-state index contributed by atoms with van der Waals surface area (Å²) in [7, 11) is 0. The second kappa shape index (κ2) is 5.21. The number of aliphatic hydroxyl groups is 1. The highest BCUT2D eigenvalue weighted by molar-refractivity contribution is 5.17. The predicted molar refractivity (Wildman–Crippen MR) is 72.9 cm³/mol. The van der Waals surface area contributed by atoms with Crippen molar-refractivity contribution in [2.24, 2.45) is 17.3 Å². The van der Waals surface area contributed by atoms with E-state index in [0.29, 0.717) is 11.8 Å². The SMILES string of the molecule is CCC1CCC(C#N)(C2(O)CCCCC2CC)C1. The van der Waals surface area contributed by atoms with Gasteiger partial charge in [0, 0.05) is 0 Å². The Labute approximate surface area is 111 Å². The third kappa shape index (κ3) is 1.97. The van der Waals surface area contributed by atoms with E-state index < -0.39 is 11.0 Å². The van der Waals surface area contributed by atoms with Crippen LogP contribution in [0.3, 0.4) is 0 Å². The Hall–Kier alpha value is -0.550. The van der Waals surface area contributed by atoms with Crippen molar-refractivity contribution in [3.8, 4) is 6.07 Å². The molecule has 0 aromatic heterocycles. The van der Waals surface area contributed by atoms with E-state index in [-0.39, 0.29) is 0 Å². The van der Waals surface area contributed by atoms with Crippen molar-refractivity contribution in [2.75, 3.05) is 0 Å². The molecule has 2 aliphatic carbocycles. The lowest BCUT2D eigenvalue weighted by Crippen LogP contribution is -2.53. The third-order valence-corrected chi connectivity index (χ3v) is 5.77. The Morgan fingerprint density at radius 1 is 1.17 bits per heavy atom. The predicted octanol–water partition coefficient (Wildman–Crippen LogP) is 4.04. The molecule has 1 N–H and O–H groups in total. The fourth-order valence-corrected chi connectivity index (χ4v) is 4.49. The van der Waals surface area contributed by atoms with Crippen LogP contribution in [0.5, 0.6) is 0 Å². The van der Waals surface area contributed by atoms with E-state index in [1.807, 2.05) is 0 Å². The van der Waals surface area contributed by atoms with E-state index in [9.17, 15) is 10.4 Å². The second-order valence-electron chi connectivity index (χ2n) is 6.49. The number of rotatable bonds is 3. The summed E-state index contributed by atoms with van der Waals surface area (Å²) in [6.07, 6.45) is 9.38. The smallest absolute Gasteiger partial charge is 0.0865 e. The molecule has 2 aliphatic rings. The molecule has 2 fully saturated rings. The third-order valence-electron chi connectivity index (χ3n) is 5.77. The van der Waals surface area contributed by atoms with Gasteiger partial charge in [-0.05, 0) is 43.9 Å².